The van der Waals surface area contributed by atoms with E-state index in [0.717, 1.165) is 5.69 Å². The molecule has 31 heavy (non-hydrogen) atoms. The first-order valence-electron chi connectivity index (χ1n) is 9.34. The Bertz CT molecular complexity index is 909. The van der Waals surface area contributed by atoms with E-state index in [1.807, 2.05) is 31.2 Å². The average Bonchev–Trinajstić information content (AvgIpc) is 3.21. The lowest BCUT2D eigenvalue weighted by Crippen LogP contribution is -2.55. The molecule has 0 fully saturated rings. The van der Waals surface area contributed by atoms with Gasteiger partial charge in [0.1, 0.15) is 11.8 Å². The van der Waals surface area contributed by atoms with Gasteiger partial charge in [-0.15, -0.1) is 10.2 Å². The number of nitrogens with two attached hydrogens (primary N) is 1. The fraction of sp³-hybridized carbons (Fsp3) is 0.389. The number of aromatic nitrogens is 2. The van der Waals surface area contributed by atoms with Crippen LogP contribution < -0.4 is 32.0 Å². The summed E-state index contributed by atoms with van der Waals surface area (Å²) in [5.74, 6) is -0.407. The molecule has 0 aliphatic heterocycles. The summed E-state index contributed by atoms with van der Waals surface area (Å²) < 4.78 is 5.76. The normalized spacial score (nSPS) is 12.4. The van der Waals surface area contributed by atoms with Gasteiger partial charge in [0.25, 0.3) is 5.91 Å². The highest BCUT2D eigenvalue weighted by atomic mass is 32.2. The third kappa shape index (κ3) is 7.94. The van der Waals surface area contributed by atoms with Crippen LogP contribution in [0.25, 0.3) is 0 Å². The number of rotatable bonds is 10. The number of nitrogens with one attached hydrogen (secondary N) is 4. The monoisotopic (exact) mass is 467 g/mol. The highest BCUT2D eigenvalue weighted by Gasteiger charge is 2.25. The van der Waals surface area contributed by atoms with Crippen molar-refractivity contribution < 1.29 is 19.1 Å². The maximum atomic E-state index is 12.2. The van der Waals surface area contributed by atoms with Gasteiger partial charge in [0, 0.05) is 11.8 Å². The van der Waals surface area contributed by atoms with Crippen molar-refractivity contribution in [1.82, 2.24) is 26.4 Å². The molecule has 2 aromatic rings. The second-order valence-corrected chi connectivity index (χ2v) is 8.63. The van der Waals surface area contributed by atoms with E-state index < -0.39 is 23.9 Å². The van der Waals surface area contributed by atoms with Crippen LogP contribution >= 0.6 is 23.1 Å². The predicted molar refractivity (Wildman–Crippen MR) is 119 cm³/mol. The predicted octanol–water partition coefficient (Wildman–Crippen LogP) is 1.61. The van der Waals surface area contributed by atoms with Crippen molar-refractivity contribution >= 4 is 51.8 Å². The average molecular weight is 468 g/mol. The first kappa shape index (κ1) is 24.2. The van der Waals surface area contributed by atoms with E-state index in [9.17, 15) is 14.4 Å². The summed E-state index contributed by atoms with van der Waals surface area (Å²) in [4.78, 5) is 35.4. The van der Waals surface area contributed by atoms with E-state index in [1.54, 1.807) is 14.0 Å². The Balaban J connectivity index is 1.80. The largest absolute Gasteiger partial charge is 0.497 e. The third-order valence-corrected chi connectivity index (χ3v) is 6.14. The van der Waals surface area contributed by atoms with Crippen LogP contribution in [-0.4, -0.2) is 46.9 Å². The van der Waals surface area contributed by atoms with Crippen molar-refractivity contribution in [1.29, 1.82) is 0 Å². The van der Waals surface area contributed by atoms with E-state index in [1.165, 1.54) is 23.1 Å². The standard InChI is InChI=1S/C18H25N7O4S2/c1-4-10(2)14(21-16(19)28)15(27)23-22-13(26)9-30-18-25-24-17(31-18)20-11-6-5-7-12(8-11)29-3/h5-8,10,14H,4,9H2,1-3H3,(H,20,24)(H,22,26)(H,23,27)(H3,19,21,28)/t10-,14-/m1/s1. The number of methoxy groups -OCH3 is 1. The topological polar surface area (TPSA) is 160 Å². The van der Waals surface area contributed by atoms with E-state index >= 15 is 0 Å². The van der Waals surface area contributed by atoms with Gasteiger partial charge in [0.2, 0.25) is 11.0 Å². The Labute approximate surface area is 187 Å². The maximum absolute atomic E-state index is 12.2. The Morgan fingerprint density at radius 2 is 2.03 bits per heavy atom. The molecule has 13 heteroatoms. The Morgan fingerprint density at radius 3 is 2.71 bits per heavy atom. The van der Waals surface area contributed by atoms with Gasteiger partial charge in [-0.25, -0.2) is 4.79 Å². The van der Waals surface area contributed by atoms with Gasteiger partial charge in [-0.05, 0) is 18.1 Å². The van der Waals surface area contributed by atoms with Crippen molar-refractivity contribution in [2.45, 2.75) is 30.6 Å². The van der Waals surface area contributed by atoms with Crippen LogP contribution in [0, 0.1) is 5.92 Å². The number of thioether (sulfide) groups is 1. The fourth-order valence-corrected chi connectivity index (χ4v) is 3.94. The van der Waals surface area contributed by atoms with Crippen molar-refractivity contribution in [3.8, 4) is 5.75 Å². The Morgan fingerprint density at radius 1 is 1.26 bits per heavy atom. The van der Waals surface area contributed by atoms with Crippen LogP contribution in [0.15, 0.2) is 28.6 Å². The zero-order chi connectivity index (χ0) is 22.8. The summed E-state index contributed by atoms with van der Waals surface area (Å²) in [6.45, 7) is 3.67. The quantitative estimate of drug-likeness (QED) is 0.260. The fourth-order valence-electron chi connectivity index (χ4n) is 2.37. The van der Waals surface area contributed by atoms with Crippen molar-refractivity contribution in [3.05, 3.63) is 24.3 Å². The van der Waals surface area contributed by atoms with Gasteiger partial charge in [0.15, 0.2) is 4.34 Å². The van der Waals surface area contributed by atoms with E-state index in [-0.39, 0.29) is 11.7 Å². The van der Waals surface area contributed by atoms with Gasteiger partial charge in [-0.3, -0.25) is 20.4 Å². The molecule has 4 amide bonds. The highest BCUT2D eigenvalue weighted by Crippen LogP contribution is 2.28. The SMILES string of the molecule is CC[C@@H](C)[C@@H](NC(N)=O)C(=O)NNC(=O)CSc1nnc(Nc2cccc(OC)c2)s1. The lowest BCUT2D eigenvalue weighted by atomic mass is 9.99. The molecular weight excluding hydrogens is 442 g/mol. The molecule has 1 heterocycles. The van der Waals surface area contributed by atoms with E-state index in [2.05, 4.69) is 31.7 Å². The first-order chi connectivity index (χ1) is 14.8. The van der Waals surface area contributed by atoms with Crippen molar-refractivity contribution in [2.24, 2.45) is 11.7 Å². The number of hydrazine groups is 1. The first-order valence-corrected chi connectivity index (χ1v) is 11.1. The molecule has 0 unspecified atom stereocenters. The number of carbonyl (C=O) groups excluding carboxylic acids is 3. The Hall–Kier alpha value is -3.06. The maximum Gasteiger partial charge on any atom is 0.312 e. The van der Waals surface area contributed by atoms with Gasteiger partial charge in [0.05, 0.1) is 12.9 Å². The minimum Gasteiger partial charge on any atom is -0.497 e. The highest BCUT2D eigenvalue weighted by molar-refractivity contribution is 8.01. The molecule has 0 saturated heterocycles. The molecule has 0 bridgehead atoms. The lowest BCUT2D eigenvalue weighted by Gasteiger charge is -2.22. The van der Waals surface area contributed by atoms with E-state index in [0.29, 0.717) is 21.6 Å². The summed E-state index contributed by atoms with van der Waals surface area (Å²) in [6.07, 6.45) is 0.644. The molecule has 0 spiro atoms. The minimum atomic E-state index is -0.844. The van der Waals surface area contributed by atoms with E-state index in [4.69, 9.17) is 10.5 Å². The van der Waals surface area contributed by atoms with Crippen LogP contribution in [0.3, 0.4) is 0 Å². The molecule has 0 saturated carbocycles. The summed E-state index contributed by atoms with van der Waals surface area (Å²) in [6, 6.07) is 5.72. The second-order valence-electron chi connectivity index (χ2n) is 6.43. The van der Waals surface area contributed by atoms with Crippen LogP contribution in [0.2, 0.25) is 0 Å². The summed E-state index contributed by atoms with van der Waals surface area (Å²) in [5, 5.41) is 14.1. The molecule has 0 radical (unpaired) electrons. The Kier molecular flexibility index (Phi) is 9.34. The number of anilines is 2. The molecule has 0 aliphatic rings. The van der Waals surface area contributed by atoms with Crippen LogP contribution in [-0.2, 0) is 9.59 Å². The smallest absolute Gasteiger partial charge is 0.312 e. The molecule has 1 aromatic carbocycles. The molecule has 2 atom stereocenters. The number of benzene rings is 1. The third-order valence-electron chi connectivity index (χ3n) is 4.17. The number of primary amides is 1. The zero-order valence-corrected chi connectivity index (χ0v) is 18.9. The summed E-state index contributed by atoms with van der Waals surface area (Å²) in [5.41, 5.74) is 10.5. The number of urea groups is 1. The van der Waals surface area contributed by atoms with Crippen molar-refractivity contribution in [3.63, 3.8) is 0 Å². The molecule has 168 valence electrons. The molecule has 11 nitrogen and oxygen atoms in total. The lowest BCUT2D eigenvalue weighted by molar-refractivity contribution is -0.129. The van der Waals surface area contributed by atoms with Crippen LogP contribution in [0.4, 0.5) is 15.6 Å². The number of nitrogens with zero attached hydrogens (tertiary/aromatic N) is 2. The van der Waals surface area contributed by atoms with Gasteiger partial charge < -0.3 is 21.1 Å². The molecule has 0 aliphatic carbocycles. The summed E-state index contributed by atoms with van der Waals surface area (Å²) >= 11 is 2.46. The number of hydrogen-bond donors (Lipinski definition) is 5. The number of ether oxygens (including phenoxy) is 1. The number of carbonyl (C=O) groups is 3. The van der Waals surface area contributed by atoms with Gasteiger partial charge >= 0.3 is 6.03 Å². The number of amides is 4. The molecular formula is C18H25N7O4S2. The second kappa shape index (κ2) is 12.0. The van der Waals surface area contributed by atoms with Gasteiger partial charge in [-0.2, -0.15) is 0 Å². The molecule has 1 aromatic heterocycles. The minimum absolute atomic E-state index is 0.0192. The van der Waals surface area contributed by atoms with Crippen molar-refractivity contribution in [2.75, 3.05) is 18.2 Å². The summed E-state index contributed by atoms with van der Waals surface area (Å²) in [7, 11) is 1.59. The van der Waals surface area contributed by atoms with Crippen LogP contribution in [0.1, 0.15) is 20.3 Å². The molecule has 6 N–H and O–H groups in total. The van der Waals surface area contributed by atoms with Gasteiger partial charge in [-0.1, -0.05) is 49.4 Å². The molecule has 2 rings (SSSR count). The number of hydrogen-bond acceptors (Lipinski definition) is 9. The van der Waals surface area contributed by atoms with Crippen LogP contribution in [0.5, 0.6) is 5.75 Å². The zero-order valence-electron chi connectivity index (χ0n) is 17.3.